The molecule has 4 heteroatoms. The predicted octanol–water partition coefficient (Wildman–Crippen LogP) is 3.97. The van der Waals surface area contributed by atoms with Crippen molar-refractivity contribution in [2.24, 2.45) is 0 Å². The fraction of sp³-hybridized carbons (Fsp3) is 0.667. The second-order valence-corrected chi connectivity index (χ2v) is 6.13. The van der Waals surface area contributed by atoms with Crippen LogP contribution in [-0.4, -0.2) is 23.6 Å². The SMILES string of the molecule is CCC(C)N(CC)c1ncc(Br)cc1CNC(C)C. The molecule has 3 nitrogen and oxygen atoms in total. The summed E-state index contributed by atoms with van der Waals surface area (Å²) < 4.78 is 1.04. The standard InChI is InChI=1S/C15H26BrN3/c1-6-12(5)19(7-2)15-13(9-17-11(3)4)8-14(16)10-18-15/h8,10-12,17H,6-7,9H2,1-5H3. The Labute approximate surface area is 125 Å². The lowest BCUT2D eigenvalue weighted by Crippen LogP contribution is -2.34. The third-order valence-electron chi connectivity index (χ3n) is 3.35. The van der Waals surface area contributed by atoms with Crippen molar-refractivity contribution in [1.82, 2.24) is 10.3 Å². The maximum atomic E-state index is 4.64. The van der Waals surface area contributed by atoms with Gasteiger partial charge in [0.15, 0.2) is 0 Å². The number of hydrogen-bond donors (Lipinski definition) is 1. The average Bonchev–Trinajstić information content (AvgIpc) is 2.38. The van der Waals surface area contributed by atoms with Crippen molar-refractivity contribution in [2.45, 2.75) is 59.7 Å². The van der Waals surface area contributed by atoms with E-state index in [0.29, 0.717) is 12.1 Å². The molecule has 1 atom stereocenters. The van der Waals surface area contributed by atoms with Crippen LogP contribution in [0.3, 0.4) is 0 Å². The highest BCUT2D eigenvalue weighted by molar-refractivity contribution is 9.10. The lowest BCUT2D eigenvalue weighted by molar-refractivity contribution is 0.578. The second-order valence-electron chi connectivity index (χ2n) is 5.22. The highest BCUT2D eigenvalue weighted by Crippen LogP contribution is 2.24. The Morgan fingerprint density at radius 2 is 2.00 bits per heavy atom. The Morgan fingerprint density at radius 3 is 2.53 bits per heavy atom. The van der Waals surface area contributed by atoms with E-state index in [4.69, 9.17) is 0 Å². The maximum Gasteiger partial charge on any atom is 0.133 e. The first-order valence-corrected chi connectivity index (χ1v) is 7.93. The third kappa shape index (κ3) is 4.77. The minimum atomic E-state index is 0.477. The van der Waals surface area contributed by atoms with E-state index in [0.717, 1.165) is 29.8 Å². The zero-order valence-corrected chi connectivity index (χ0v) is 14.3. The molecule has 1 heterocycles. The molecular weight excluding hydrogens is 302 g/mol. The lowest BCUT2D eigenvalue weighted by atomic mass is 10.1. The van der Waals surface area contributed by atoms with E-state index < -0.39 is 0 Å². The van der Waals surface area contributed by atoms with Crippen LogP contribution in [0.2, 0.25) is 0 Å². The zero-order valence-electron chi connectivity index (χ0n) is 12.7. The molecule has 0 amide bonds. The number of nitrogens with one attached hydrogen (secondary N) is 1. The molecule has 1 aromatic heterocycles. The summed E-state index contributed by atoms with van der Waals surface area (Å²) in [6.45, 7) is 12.8. The van der Waals surface area contributed by atoms with Gasteiger partial charge in [-0.3, -0.25) is 0 Å². The van der Waals surface area contributed by atoms with Crippen LogP contribution in [0.1, 0.15) is 46.6 Å². The number of rotatable bonds is 7. The quantitative estimate of drug-likeness (QED) is 0.821. The van der Waals surface area contributed by atoms with Crippen LogP contribution in [0.4, 0.5) is 5.82 Å². The van der Waals surface area contributed by atoms with Crippen molar-refractivity contribution in [3.63, 3.8) is 0 Å². The van der Waals surface area contributed by atoms with E-state index in [1.54, 1.807) is 0 Å². The van der Waals surface area contributed by atoms with E-state index in [1.807, 2.05) is 6.20 Å². The Balaban J connectivity index is 3.03. The van der Waals surface area contributed by atoms with Crippen LogP contribution in [0.15, 0.2) is 16.7 Å². The number of pyridine rings is 1. The van der Waals surface area contributed by atoms with Gasteiger partial charge in [-0.15, -0.1) is 0 Å². The Bertz CT molecular complexity index is 393. The Kier molecular flexibility index (Phi) is 6.80. The number of nitrogens with zero attached hydrogens (tertiary/aromatic N) is 2. The summed E-state index contributed by atoms with van der Waals surface area (Å²) in [5.74, 6) is 1.10. The molecule has 0 aliphatic heterocycles. The van der Waals surface area contributed by atoms with Gasteiger partial charge in [0.1, 0.15) is 5.82 Å². The molecule has 1 aromatic rings. The van der Waals surface area contributed by atoms with Crippen molar-refractivity contribution >= 4 is 21.7 Å². The molecule has 0 bridgehead atoms. The van der Waals surface area contributed by atoms with Gasteiger partial charge >= 0.3 is 0 Å². The van der Waals surface area contributed by atoms with Gasteiger partial charge in [0.05, 0.1) is 0 Å². The van der Waals surface area contributed by atoms with Crippen LogP contribution in [0.5, 0.6) is 0 Å². The van der Waals surface area contributed by atoms with Gasteiger partial charge in [-0.05, 0) is 42.3 Å². The molecule has 1 unspecified atom stereocenters. The van der Waals surface area contributed by atoms with Crippen molar-refractivity contribution in [3.05, 3.63) is 22.3 Å². The van der Waals surface area contributed by atoms with E-state index >= 15 is 0 Å². The van der Waals surface area contributed by atoms with Gasteiger partial charge in [0.25, 0.3) is 0 Å². The van der Waals surface area contributed by atoms with Gasteiger partial charge in [-0.25, -0.2) is 4.98 Å². The molecule has 0 aliphatic rings. The average molecular weight is 328 g/mol. The number of aromatic nitrogens is 1. The topological polar surface area (TPSA) is 28.2 Å². The first-order chi connectivity index (χ1) is 8.99. The molecule has 0 spiro atoms. The molecule has 0 fully saturated rings. The second kappa shape index (κ2) is 7.85. The van der Waals surface area contributed by atoms with Gasteiger partial charge in [-0.1, -0.05) is 20.8 Å². The lowest BCUT2D eigenvalue weighted by Gasteiger charge is -2.30. The summed E-state index contributed by atoms with van der Waals surface area (Å²) in [4.78, 5) is 7.01. The molecule has 0 saturated heterocycles. The fourth-order valence-corrected chi connectivity index (χ4v) is 2.45. The molecule has 108 valence electrons. The molecule has 19 heavy (non-hydrogen) atoms. The monoisotopic (exact) mass is 327 g/mol. The zero-order chi connectivity index (χ0) is 14.4. The van der Waals surface area contributed by atoms with Crippen LogP contribution in [0, 0.1) is 0 Å². The number of halogens is 1. The highest BCUT2D eigenvalue weighted by atomic mass is 79.9. The van der Waals surface area contributed by atoms with E-state index in [-0.39, 0.29) is 0 Å². The summed E-state index contributed by atoms with van der Waals surface area (Å²) in [6, 6.07) is 3.16. The largest absolute Gasteiger partial charge is 0.354 e. The molecule has 1 N–H and O–H groups in total. The maximum absolute atomic E-state index is 4.64. The van der Waals surface area contributed by atoms with E-state index in [1.165, 1.54) is 5.56 Å². The van der Waals surface area contributed by atoms with E-state index in [9.17, 15) is 0 Å². The van der Waals surface area contributed by atoms with Crippen molar-refractivity contribution in [2.75, 3.05) is 11.4 Å². The fourth-order valence-electron chi connectivity index (χ4n) is 2.07. The normalized spacial score (nSPS) is 12.8. The van der Waals surface area contributed by atoms with Gasteiger partial charge in [-0.2, -0.15) is 0 Å². The first kappa shape index (κ1) is 16.4. The summed E-state index contributed by atoms with van der Waals surface area (Å²) in [5, 5.41) is 3.48. The predicted molar refractivity (Wildman–Crippen MR) is 86.7 cm³/mol. The van der Waals surface area contributed by atoms with Crippen molar-refractivity contribution in [3.8, 4) is 0 Å². The molecule has 0 aromatic carbocycles. The number of anilines is 1. The molecular formula is C15H26BrN3. The Morgan fingerprint density at radius 1 is 1.32 bits per heavy atom. The van der Waals surface area contributed by atoms with Crippen LogP contribution in [0.25, 0.3) is 0 Å². The summed E-state index contributed by atoms with van der Waals surface area (Å²) in [5.41, 5.74) is 1.25. The van der Waals surface area contributed by atoms with Crippen molar-refractivity contribution in [1.29, 1.82) is 0 Å². The summed E-state index contributed by atoms with van der Waals surface area (Å²) in [7, 11) is 0. The molecule has 0 aliphatic carbocycles. The first-order valence-electron chi connectivity index (χ1n) is 7.14. The van der Waals surface area contributed by atoms with Gasteiger partial charge < -0.3 is 10.2 Å². The number of hydrogen-bond acceptors (Lipinski definition) is 3. The van der Waals surface area contributed by atoms with Gasteiger partial charge in [0, 0.05) is 41.4 Å². The van der Waals surface area contributed by atoms with Crippen molar-refractivity contribution < 1.29 is 0 Å². The van der Waals surface area contributed by atoms with E-state index in [2.05, 4.69) is 71.8 Å². The van der Waals surface area contributed by atoms with Gasteiger partial charge in [0.2, 0.25) is 0 Å². The van der Waals surface area contributed by atoms with Crippen LogP contribution >= 0.6 is 15.9 Å². The van der Waals surface area contributed by atoms with Crippen LogP contribution in [-0.2, 0) is 6.54 Å². The Hall–Kier alpha value is -0.610. The molecule has 1 rings (SSSR count). The van der Waals surface area contributed by atoms with Crippen LogP contribution < -0.4 is 10.2 Å². The minimum absolute atomic E-state index is 0.477. The summed E-state index contributed by atoms with van der Waals surface area (Å²) in [6.07, 6.45) is 3.02. The molecule has 0 saturated carbocycles. The summed E-state index contributed by atoms with van der Waals surface area (Å²) >= 11 is 3.52. The molecule has 0 radical (unpaired) electrons. The highest BCUT2D eigenvalue weighted by Gasteiger charge is 2.16. The minimum Gasteiger partial charge on any atom is -0.354 e. The third-order valence-corrected chi connectivity index (χ3v) is 3.78. The smallest absolute Gasteiger partial charge is 0.133 e.